The molecule has 0 fully saturated rings. The van der Waals surface area contributed by atoms with Gasteiger partial charge in [-0.25, -0.2) is 4.79 Å². The molecule has 3 aromatic rings. The van der Waals surface area contributed by atoms with Gasteiger partial charge in [-0.1, -0.05) is 30.3 Å². The standard InChI is InChI=1S/C21H19NO6S/c23-15-6-7-16-14(9-20(25)28-18(16)10-15)8-19(24)22-17(21(26)27)12-29-11-13-4-2-1-3-5-13/h1-7,9-10,17,23H,8,11-12H2,(H,22,24)(H,26,27)/p-1/t17-/m0/s1. The lowest BCUT2D eigenvalue weighted by Crippen LogP contribution is -2.49. The van der Waals surface area contributed by atoms with Crippen LogP contribution < -0.4 is 16.0 Å². The molecule has 1 atom stereocenters. The summed E-state index contributed by atoms with van der Waals surface area (Å²) in [6.07, 6.45) is -0.208. The van der Waals surface area contributed by atoms with Crippen LogP contribution in [0.4, 0.5) is 0 Å². The summed E-state index contributed by atoms with van der Waals surface area (Å²) in [5, 5.41) is 23.9. The molecule has 29 heavy (non-hydrogen) atoms. The van der Waals surface area contributed by atoms with Crippen molar-refractivity contribution in [2.45, 2.75) is 18.2 Å². The Bertz CT molecular complexity index is 1080. The molecule has 2 N–H and O–H groups in total. The minimum absolute atomic E-state index is 0.0743. The fraction of sp³-hybridized carbons (Fsp3) is 0.190. The highest BCUT2D eigenvalue weighted by atomic mass is 32.2. The summed E-state index contributed by atoms with van der Waals surface area (Å²) in [6, 6.07) is 13.8. The van der Waals surface area contributed by atoms with Crippen molar-refractivity contribution in [3.8, 4) is 5.75 Å². The normalized spacial score (nSPS) is 11.9. The smallest absolute Gasteiger partial charge is 0.336 e. The molecule has 0 aliphatic carbocycles. The first-order valence-corrected chi connectivity index (χ1v) is 9.95. The predicted molar refractivity (Wildman–Crippen MR) is 107 cm³/mol. The average molecular weight is 412 g/mol. The molecule has 0 saturated heterocycles. The number of aromatic hydroxyl groups is 1. The predicted octanol–water partition coefficient (Wildman–Crippen LogP) is 1.21. The quantitative estimate of drug-likeness (QED) is 0.534. The highest BCUT2D eigenvalue weighted by molar-refractivity contribution is 7.98. The number of carboxylic acid groups (broad SMARTS) is 1. The van der Waals surface area contributed by atoms with Crippen molar-refractivity contribution in [3.05, 3.63) is 76.1 Å². The molecule has 0 spiro atoms. The number of phenolic OH excluding ortho intramolecular Hbond substituents is 1. The molecule has 2 aromatic carbocycles. The average Bonchev–Trinajstić information content (AvgIpc) is 2.67. The maximum atomic E-state index is 12.4. The number of carbonyl (C=O) groups excluding carboxylic acids is 2. The molecule has 1 aromatic heterocycles. The summed E-state index contributed by atoms with van der Waals surface area (Å²) in [5.41, 5.74) is 0.908. The van der Waals surface area contributed by atoms with Crippen LogP contribution in [0.3, 0.4) is 0 Å². The number of carboxylic acids is 1. The maximum Gasteiger partial charge on any atom is 0.336 e. The zero-order valence-corrected chi connectivity index (χ0v) is 16.1. The van der Waals surface area contributed by atoms with E-state index in [0.29, 0.717) is 16.7 Å². The van der Waals surface area contributed by atoms with Crippen LogP contribution in [0.2, 0.25) is 0 Å². The Morgan fingerprint density at radius 3 is 2.62 bits per heavy atom. The highest BCUT2D eigenvalue weighted by Gasteiger charge is 2.16. The van der Waals surface area contributed by atoms with E-state index in [4.69, 9.17) is 4.42 Å². The van der Waals surface area contributed by atoms with Crippen molar-refractivity contribution >= 4 is 34.6 Å². The topological polar surface area (TPSA) is 120 Å². The van der Waals surface area contributed by atoms with E-state index in [9.17, 15) is 24.6 Å². The van der Waals surface area contributed by atoms with E-state index in [1.54, 1.807) is 0 Å². The van der Waals surface area contributed by atoms with E-state index < -0.39 is 23.5 Å². The van der Waals surface area contributed by atoms with Crippen molar-refractivity contribution < 1.29 is 24.2 Å². The number of fused-ring (bicyclic) bond motifs is 1. The SMILES string of the molecule is O=C(Cc1cc(=O)oc2cc(O)ccc12)N[C@@H](CSCc1ccccc1)C(=O)[O-]. The third-order valence-corrected chi connectivity index (χ3v) is 5.29. The minimum Gasteiger partial charge on any atom is -0.548 e. The number of thioether (sulfide) groups is 1. The molecule has 8 heteroatoms. The van der Waals surface area contributed by atoms with Gasteiger partial charge in [-0.2, -0.15) is 11.8 Å². The van der Waals surface area contributed by atoms with Crippen molar-refractivity contribution in [1.29, 1.82) is 0 Å². The summed E-state index contributed by atoms with van der Waals surface area (Å²) in [6.45, 7) is 0. The van der Waals surface area contributed by atoms with Crippen LogP contribution in [0.15, 0.2) is 63.8 Å². The largest absolute Gasteiger partial charge is 0.548 e. The number of phenols is 1. The molecule has 150 valence electrons. The molecular formula is C21H18NO6S-. The number of amides is 1. The van der Waals surface area contributed by atoms with Crippen LogP contribution in [0.25, 0.3) is 11.0 Å². The number of rotatable bonds is 8. The van der Waals surface area contributed by atoms with Gasteiger partial charge >= 0.3 is 5.63 Å². The molecule has 0 aliphatic heterocycles. The van der Waals surface area contributed by atoms with E-state index in [1.165, 1.54) is 36.0 Å². The van der Waals surface area contributed by atoms with Gasteiger partial charge in [-0.05, 0) is 23.3 Å². The maximum absolute atomic E-state index is 12.4. The lowest BCUT2D eigenvalue weighted by Gasteiger charge is -2.19. The van der Waals surface area contributed by atoms with E-state index in [2.05, 4.69) is 5.32 Å². The van der Waals surface area contributed by atoms with Crippen molar-refractivity contribution in [2.75, 3.05) is 5.75 Å². The number of carbonyl (C=O) groups is 2. The third-order valence-electron chi connectivity index (χ3n) is 4.18. The summed E-state index contributed by atoms with van der Waals surface area (Å²) in [5.74, 6) is -1.25. The Kier molecular flexibility index (Phi) is 6.56. The number of hydrogen-bond acceptors (Lipinski definition) is 7. The van der Waals surface area contributed by atoms with Gasteiger partial charge < -0.3 is 24.7 Å². The zero-order valence-electron chi connectivity index (χ0n) is 15.3. The Balaban J connectivity index is 1.65. The van der Waals surface area contributed by atoms with Gasteiger partial charge in [-0.3, -0.25) is 4.79 Å². The number of hydrogen-bond donors (Lipinski definition) is 2. The van der Waals surface area contributed by atoms with Gasteiger partial charge in [0.05, 0.1) is 18.4 Å². The lowest BCUT2D eigenvalue weighted by atomic mass is 10.1. The summed E-state index contributed by atoms with van der Waals surface area (Å²) in [4.78, 5) is 35.5. The molecule has 1 heterocycles. The Labute approximate surface area is 170 Å². The third kappa shape index (κ3) is 5.61. The van der Waals surface area contributed by atoms with Crippen molar-refractivity contribution in [1.82, 2.24) is 5.32 Å². The first kappa shape index (κ1) is 20.5. The van der Waals surface area contributed by atoms with Gasteiger partial charge in [-0.15, -0.1) is 0 Å². The van der Waals surface area contributed by atoms with Gasteiger partial charge in [0.25, 0.3) is 0 Å². The second-order valence-electron chi connectivity index (χ2n) is 6.39. The lowest BCUT2D eigenvalue weighted by molar-refractivity contribution is -0.307. The van der Waals surface area contributed by atoms with Crippen LogP contribution in [0, 0.1) is 0 Å². The zero-order chi connectivity index (χ0) is 20.8. The van der Waals surface area contributed by atoms with Crippen LogP contribution >= 0.6 is 11.8 Å². The van der Waals surface area contributed by atoms with Gasteiger partial charge in [0.15, 0.2) is 0 Å². The Morgan fingerprint density at radius 1 is 1.14 bits per heavy atom. The molecular weight excluding hydrogens is 394 g/mol. The van der Waals surface area contributed by atoms with Gasteiger partial charge in [0.1, 0.15) is 11.3 Å². The van der Waals surface area contributed by atoms with Crippen LogP contribution in [0.5, 0.6) is 5.75 Å². The van der Waals surface area contributed by atoms with Crippen LogP contribution in [-0.4, -0.2) is 28.8 Å². The number of nitrogens with one attached hydrogen (secondary N) is 1. The minimum atomic E-state index is -1.37. The van der Waals surface area contributed by atoms with Crippen LogP contribution in [0.1, 0.15) is 11.1 Å². The Hall–Kier alpha value is -3.26. The molecule has 1 amide bonds. The molecule has 7 nitrogen and oxygen atoms in total. The first-order valence-electron chi connectivity index (χ1n) is 8.80. The summed E-state index contributed by atoms with van der Waals surface area (Å²) >= 11 is 1.37. The number of aliphatic carboxylic acids is 1. The summed E-state index contributed by atoms with van der Waals surface area (Å²) in [7, 11) is 0. The molecule has 0 radical (unpaired) electrons. The monoisotopic (exact) mass is 412 g/mol. The van der Waals surface area contributed by atoms with E-state index in [-0.39, 0.29) is 23.5 Å². The fourth-order valence-corrected chi connectivity index (χ4v) is 3.82. The molecule has 3 rings (SSSR count). The second kappa shape index (κ2) is 9.29. The van der Waals surface area contributed by atoms with E-state index >= 15 is 0 Å². The first-order chi connectivity index (χ1) is 13.9. The van der Waals surface area contributed by atoms with Crippen LogP contribution in [-0.2, 0) is 21.8 Å². The number of benzene rings is 2. The van der Waals surface area contributed by atoms with Gasteiger partial charge in [0.2, 0.25) is 5.91 Å². The molecule has 0 aliphatic rings. The Morgan fingerprint density at radius 2 is 1.90 bits per heavy atom. The fourth-order valence-electron chi connectivity index (χ4n) is 2.82. The van der Waals surface area contributed by atoms with Gasteiger partial charge in [0, 0.05) is 29.0 Å². The second-order valence-corrected chi connectivity index (χ2v) is 7.42. The van der Waals surface area contributed by atoms with E-state index in [0.717, 1.165) is 5.56 Å². The van der Waals surface area contributed by atoms with E-state index in [1.807, 2.05) is 30.3 Å². The highest BCUT2D eigenvalue weighted by Crippen LogP contribution is 2.22. The molecule has 0 saturated carbocycles. The van der Waals surface area contributed by atoms with Crippen molar-refractivity contribution in [3.63, 3.8) is 0 Å². The molecule has 0 unspecified atom stereocenters. The summed E-state index contributed by atoms with van der Waals surface area (Å²) < 4.78 is 5.02. The molecule has 0 bridgehead atoms. The van der Waals surface area contributed by atoms with Crippen molar-refractivity contribution in [2.24, 2.45) is 0 Å².